The summed E-state index contributed by atoms with van der Waals surface area (Å²) in [5.74, 6) is 0.905. The van der Waals surface area contributed by atoms with Crippen LogP contribution in [-0.2, 0) is 4.74 Å². The van der Waals surface area contributed by atoms with Crippen LogP contribution in [0, 0.1) is 5.92 Å². The van der Waals surface area contributed by atoms with E-state index >= 15 is 0 Å². The van der Waals surface area contributed by atoms with Gasteiger partial charge in [0.15, 0.2) is 0 Å². The molecule has 1 saturated carbocycles. The molecule has 3 fully saturated rings. The Morgan fingerprint density at radius 1 is 1.20 bits per heavy atom. The van der Waals surface area contributed by atoms with Crippen LogP contribution in [0.15, 0.2) is 0 Å². The minimum absolute atomic E-state index is 0.0961. The lowest BCUT2D eigenvalue weighted by atomic mass is 9.88. The zero-order valence-corrected chi connectivity index (χ0v) is 13.7. The summed E-state index contributed by atoms with van der Waals surface area (Å²) < 4.78 is 6.25. The molecule has 0 amide bonds. The van der Waals surface area contributed by atoms with Gasteiger partial charge < -0.3 is 10.1 Å². The van der Waals surface area contributed by atoms with E-state index in [-0.39, 0.29) is 5.60 Å². The highest BCUT2D eigenvalue weighted by Gasteiger charge is 2.49. The zero-order chi connectivity index (χ0) is 14.4. The molecule has 3 nitrogen and oxygen atoms in total. The molecule has 3 heteroatoms. The fourth-order valence-electron chi connectivity index (χ4n) is 4.12. The maximum Gasteiger partial charge on any atom is 0.0710 e. The number of nitrogens with zero attached hydrogens (tertiary/aromatic N) is 1. The lowest BCUT2D eigenvalue weighted by Crippen LogP contribution is -2.65. The molecule has 0 aromatic carbocycles. The average molecular weight is 280 g/mol. The third-order valence-corrected chi connectivity index (χ3v) is 5.84. The number of rotatable bonds is 4. The fraction of sp³-hybridized carbons (Fsp3) is 1.00. The molecule has 2 saturated heterocycles. The van der Waals surface area contributed by atoms with E-state index < -0.39 is 0 Å². The summed E-state index contributed by atoms with van der Waals surface area (Å²) in [6.45, 7) is 12.7. The molecule has 0 radical (unpaired) electrons. The highest BCUT2D eigenvalue weighted by atomic mass is 16.5. The van der Waals surface area contributed by atoms with Gasteiger partial charge in [0.1, 0.15) is 0 Å². The highest BCUT2D eigenvalue weighted by Crippen LogP contribution is 2.44. The third-order valence-electron chi connectivity index (χ3n) is 5.84. The Hall–Kier alpha value is -0.120. The van der Waals surface area contributed by atoms with Crippen LogP contribution in [0.2, 0.25) is 0 Å². The van der Waals surface area contributed by atoms with Crippen LogP contribution in [0.5, 0.6) is 0 Å². The van der Waals surface area contributed by atoms with Gasteiger partial charge in [-0.1, -0.05) is 6.92 Å². The van der Waals surface area contributed by atoms with Crippen molar-refractivity contribution in [3.63, 3.8) is 0 Å². The first kappa shape index (κ1) is 14.8. The number of hydrogen-bond donors (Lipinski definition) is 1. The minimum Gasteiger partial charge on any atom is -0.371 e. The van der Waals surface area contributed by atoms with Gasteiger partial charge in [-0.3, -0.25) is 4.90 Å². The Kier molecular flexibility index (Phi) is 3.89. The van der Waals surface area contributed by atoms with Crippen LogP contribution in [0.25, 0.3) is 0 Å². The second-order valence-corrected chi connectivity index (χ2v) is 8.06. The summed E-state index contributed by atoms with van der Waals surface area (Å²) >= 11 is 0. The van der Waals surface area contributed by atoms with E-state index in [4.69, 9.17) is 4.74 Å². The van der Waals surface area contributed by atoms with E-state index in [1.165, 1.54) is 38.6 Å². The van der Waals surface area contributed by atoms with Crippen molar-refractivity contribution in [1.29, 1.82) is 0 Å². The molecule has 0 spiro atoms. The minimum atomic E-state index is 0.0961. The molecular formula is C17H32N2O. The largest absolute Gasteiger partial charge is 0.371 e. The summed E-state index contributed by atoms with van der Waals surface area (Å²) in [6.07, 6.45) is 6.95. The molecule has 0 aromatic heterocycles. The first-order valence-corrected chi connectivity index (χ1v) is 8.59. The Bertz CT molecular complexity index is 353. The lowest BCUT2D eigenvalue weighted by Gasteiger charge is -2.49. The van der Waals surface area contributed by atoms with Crippen molar-refractivity contribution in [2.75, 3.05) is 19.6 Å². The van der Waals surface area contributed by atoms with Crippen molar-refractivity contribution in [3.05, 3.63) is 0 Å². The van der Waals surface area contributed by atoms with Gasteiger partial charge in [0.25, 0.3) is 0 Å². The SMILES string of the molecule is CCC1CN(CC2CCC(C)(C)O2)C(C)(C2CC2)CN1. The molecule has 2 heterocycles. The van der Waals surface area contributed by atoms with E-state index in [0.717, 1.165) is 19.0 Å². The van der Waals surface area contributed by atoms with Crippen molar-refractivity contribution in [1.82, 2.24) is 10.2 Å². The molecule has 1 aliphatic carbocycles. The van der Waals surface area contributed by atoms with Gasteiger partial charge in [-0.05, 0) is 58.8 Å². The van der Waals surface area contributed by atoms with Crippen molar-refractivity contribution in [2.24, 2.45) is 5.92 Å². The molecule has 0 bridgehead atoms. The Balaban J connectivity index is 1.66. The summed E-state index contributed by atoms with van der Waals surface area (Å²) in [5.41, 5.74) is 0.459. The van der Waals surface area contributed by atoms with Gasteiger partial charge in [-0.2, -0.15) is 0 Å². The smallest absolute Gasteiger partial charge is 0.0710 e. The van der Waals surface area contributed by atoms with Gasteiger partial charge >= 0.3 is 0 Å². The van der Waals surface area contributed by atoms with E-state index in [1.807, 2.05) is 0 Å². The quantitative estimate of drug-likeness (QED) is 0.857. The van der Waals surface area contributed by atoms with Crippen LogP contribution >= 0.6 is 0 Å². The molecule has 2 aliphatic heterocycles. The van der Waals surface area contributed by atoms with Crippen LogP contribution < -0.4 is 5.32 Å². The molecule has 20 heavy (non-hydrogen) atoms. The maximum atomic E-state index is 6.25. The summed E-state index contributed by atoms with van der Waals surface area (Å²) in [6, 6.07) is 0.663. The summed E-state index contributed by atoms with van der Waals surface area (Å²) in [5, 5.41) is 3.77. The second-order valence-electron chi connectivity index (χ2n) is 8.06. The van der Waals surface area contributed by atoms with E-state index in [0.29, 0.717) is 17.7 Å². The van der Waals surface area contributed by atoms with Gasteiger partial charge in [0.2, 0.25) is 0 Å². The number of piperazine rings is 1. The molecule has 3 atom stereocenters. The average Bonchev–Trinajstić information content (AvgIpc) is 3.19. The molecule has 1 N–H and O–H groups in total. The van der Waals surface area contributed by atoms with Crippen molar-refractivity contribution in [2.45, 2.75) is 83.1 Å². The Morgan fingerprint density at radius 2 is 1.95 bits per heavy atom. The molecule has 116 valence electrons. The highest BCUT2D eigenvalue weighted by molar-refractivity contribution is 5.05. The van der Waals surface area contributed by atoms with Crippen molar-refractivity contribution >= 4 is 0 Å². The first-order chi connectivity index (χ1) is 9.43. The topological polar surface area (TPSA) is 24.5 Å². The third kappa shape index (κ3) is 2.90. The summed E-state index contributed by atoms with van der Waals surface area (Å²) in [4.78, 5) is 2.77. The normalized spacial score (nSPS) is 42.0. The first-order valence-electron chi connectivity index (χ1n) is 8.59. The van der Waals surface area contributed by atoms with Crippen LogP contribution in [-0.4, -0.2) is 47.8 Å². The van der Waals surface area contributed by atoms with E-state index in [9.17, 15) is 0 Å². The standard InChI is InChI=1S/C17H32N2O/c1-5-14-10-19(11-15-8-9-16(2,3)20-15)17(4,12-18-14)13-6-7-13/h13-15,18H,5-12H2,1-4H3. The molecule has 3 unspecified atom stereocenters. The van der Waals surface area contributed by atoms with Gasteiger partial charge in [0, 0.05) is 31.2 Å². The predicted molar refractivity (Wildman–Crippen MR) is 83.0 cm³/mol. The van der Waals surface area contributed by atoms with Crippen molar-refractivity contribution in [3.8, 4) is 0 Å². The lowest BCUT2D eigenvalue weighted by molar-refractivity contribution is -0.0569. The van der Waals surface area contributed by atoms with E-state index in [2.05, 4.69) is 37.9 Å². The predicted octanol–water partition coefficient (Wildman–Crippen LogP) is 2.80. The summed E-state index contributed by atoms with van der Waals surface area (Å²) in [7, 11) is 0. The van der Waals surface area contributed by atoms with Crippen LogP contribution in [0.3, 0.4) is 0 Å². The number of nitrogens with one attached hydrogen (secondary N) is 1. The zero-order valence-electron chi connectivity index (χ0n) is 13.7. The van der Waals surface area contributed by atoms with Crippen LogP contribution in [0.1, 0.15) is 59.8 Å². The number of ether oxygens (including phenoxy) is 1. The Labute approximate surface area is 124 Å². The fourth-order valence-corrected chi connectivity index (χ4v) is 4.12. The van der Waals surface area contributed by atoms with Gasteiger partial charge in [-0.15, -0.1) is 0 Å². The van der Waals surface area contributed by atoms with Gasteiger partial charge in [-0.25, -0.2) is 0 Å². The number of hydrogen-bond acceptors (Lipinski definition) is 3. The maximum absolute atomic E-state index is 6.25. The Morgan fingerprint density at radius 3 is 2.50 bits per heavy atom. The molecule has 0 aromatic rings. The van der Waals surface area contributed by atoms with Crippen LogP contribution in [0.4, 0.5) is 0 Å². The molecular weight excluding hydrogens is 248 g/mol. The second kappa shape index (κ2) is 5.26. The molecule has 3 aliphatic rings. The van der Waals surface area contributed by atoms with E-state index in [1.54, 1.807) is 0 Å². The molecule has 3 rings (SSSR count). The van der Waals surface area contributed by atoms with Gasteiger partial charge in [0.05, 0.1) is 11.7 Å². The monoisotopic (exact) mass is 280 g/mol. The van der Waals surface area contributed by atoms with Crippen molar-refractivity contribution < 1.29 is 4.74 Å².